The maximum atomic E-state index is 11.0. The number of rotatable bonds is 7. The molecule has 0 amide bonds. The van der Waals surface area contributed by atoms with Gasteiger partial charge < -0.3 is 5.11 Å². The number of benzene rings is 3. The van der Waals surface area contributed by atoms with Gasteiger partial charge >= 0.3 is 5.97 Å². The van der Waals surface area contributed by atoms with E-state index < -0.39 is 5.97 Å². The van der Waals surface area contributed by atoms with Gasteiger partial charge in [0.2, 0.25) is 0 Å². The summed E-state index contributed by atoms with van der Waals surface area (Å²) in [4.78, 5) is 24.5. The van der Waals surface area contributed by atoms with Crippen molar-refractivity contribution >= 4 is 17.0 Å². The van der Waals surface area contributed by atoms with Crippen LogP contribution < -0.4 is 0 Å². The molecule has 0 radical (unpaired) electrons. The van der Waals surface area contributed by atoms with E-state index in [4.69, 9.17) is 15.2 Å². The van der Waals surface area contributed by atoms with E-state index in [2.05, 4.69) is 34.2 Å². The highest BCUT2D eigenvalue weighted by Gasteiger charge is 2.15. The molecule has 0 saturated carbocycles. The summed E-state index contributed by atoms with van der Waals surface area (Å²) in [5.74, 6) is 0.450. The summed E-state index contributed by atoms with van der Waals surface area (Å²) in [7, 11) is 0. The van der Waals surface area contributed by atoms with Crippen LogP contribution in [0.4, 0.5) is 0 Å². The van der Waals surface area contributed by atoms with E-state index in [1.54, 1.807) is 17.1 Å². The molecule has 7 nitrogen and oxygen atoms in total. The van der Waals surface area contributed by atoms with Crippen LogP contribution in [0.2, 0.25) is 0 Å². The Bertz CT molecular complexity index is 1410. The number of hydrogen-bond donors (Lipinski definition) is 1. The molecule has 0 fully saturated rings. The Morgan fingerprint density at radius 3 is 2.21 bits per heavy atom. The molecule has 2 heterocycles. The lowest BCUT2D eigenvalue weighted by Crippen LogP contribution is -2.05. The first-order valence-corrected chi connectivity index (χ1v) is 10.7. The third kappa shape index (κ3) is 4.48. The first-order chi connectivity index (χ1) is 16.2. The first kappa shape index (κ1) is 20.5. The summed E-state index contributed by atoms with van der Waals surface area (Å²) >= 11 is 0. The normalized spacial score (nSPS) is 11.0. The van der Waals surface area contributed by atoms with Crippen LogP contribution in [0, 0.1) is 0 Å². The number of hydrogen-bond acceptors (Lipinski definition) is 5. The second-order valence-corrected chi connectivity index (χ2v) is 7.68. The topological polar surface area (TPSA) is 93.8 Å². The molecule has 0 aliphatic carbocycles. The number of aromatic nitrogens is 5. The largest absolute Gasteiger partial charge is 0.481 e. The van der Waals surface area contributed by atoms with Gasteiger partial charge in [0, 0.05) is 36.5 Å². The van der Waals surface area contributed by atoms with Gasteiger partial charge in [0.1, 0.15) is 0 Å². The Morgan fingerprint density at radius 1 is 0.788 bits per heavy atom. The quantitative estimate of drug-likeness (QED) is 0.383. The number of nitrogens with zero attached hydrogens (tertiary/aromatic N) is 5. The van der Waals surface area contributed by atoms with E-state index in [1.807, 2.05) is 48.5 Å². The van der Waals surface area contributed by atoms with E-state index in [-0.39, 0.29) is 6.42 Å². The van der Waals surface area contributed by atoms with Crippen molar-refractivity contribution in [1.82, 2.24) is 24.7 Å². The standard InChI is InChI=1S/C26H21N5O2/c32-24(33)7-4-16-31-26(20-10-8-19(9-11-20)18-5-2-1-3-6-18)29-25(30-31)21-12-13-22-23(17-21)28-15-14-27-22/h1-3,5-6,8-15,17H,4,7,16H2,(H,32,33). The van der Waals surface area contributed by atoms with Crippen molar-refractivity contribution in [3.8, 4) is 33.9 Å². The average Bonchev–Trinajstić information content (AvgIpc) is 3.28. The zero-order valence-electron chi connectivity index (χ0n) is 17.8. The van der Waals surface area contributed by atoms with Gasteiger partial charge in [-0.25, -0.2) is 9.67 Å². The number of aryl methyl sites for hydroxylation is 1. The van der Waals surface area contributed by atoms with Gasteiger partial charge in [-0.2, -0.15) is 5.10 Å². The third-order valence-electron chi connectivity index (χ3n) is 5.41. The van der Waals surface area contributed by atoms with E-state index >= 15 is 0 Å². The summed E-state index contributed by atoms with van der Waals surface area (Å²) in [5.41, 5.74) is 5.59. The Morgan fingerprint density at radius 2 is 1.45 bits per heavy atom. The Labute approximate surface area is 190 Å². The van der Waals surface area contributed by atoms with E-state index in [1.165, 1.54) is 0 Å². The van der Waals surface area contributed by atoms with E-state index in [9.17, 15) is 4.79 Å². The van der Waals surface area contributed by atoms with E-state index in [0.29, 0.717) is 24.6 Å². The molecule has 33 heavy (non-hydrogen) atoms. The fourth-order valence-corrected chi connectivity index (χ4v) is 3.76. The van der Waals surface area contributed by atoms with Crippen molar-refractivity contribution in [2.75, 3.05) is 0 Å². The average molecular weight is 435 g/mol. The Kier molecular flexibility index (Phi) is 5.59. The second kappa shape index (κ2) is 9.00. The molecular weight excluding hydrogens is 414 g/mol. The highest BCUT2D eigenvalue weighted by Crippen LogP contribution is 2.27. The van der Waals surface area contributed by atoms with Crippen molar-refractivity contribution in [3.63, 3.8) is 0 Å². The maximum absolute atomic E-state index is 11.0. The van der Waals surface area contributed by atoms with Gasteiger partial charge in [-0.05, 0) is 35.7 Å². The number of aliphatic carboxylic acids is 1. The number of carboxylic acids is 1. The van der Waals surface area contributed by atoms with Crippen LogP contribution in [0.3, 0.4) is 0 Å². The monoisotopic (exact) mass is 435 g/mol. The molecule has 0 aliphatic heterocycles. The van der Waals surface area contributed by atoms with Gasteiger partial charge in [0.15, 0.2) is 11.6 Å². The van der Waals surface area contributed by atoms with Gasteiger partial charge in [0.25, 0.3) is 0 Å². The van der Waals surface area contributed by atoms with Crippen LogP contribution in [0.5, 0.6) is 0 Å². The molecule has 0 aliphatic rings. The molecule has 0 bridgehead atoms. The van der Waals surface area contributed by atoms with Crippen LogP contribution in [-0.2, 0) is 11.3 Å². The second-order valence-electron chi connectivity index (χ2n) is 7.68. The zero-order valence-corrected chi connectivity index (χ0v) is 17.8. The number of carboxylic acid groups (broad SMARTS) is 1. The van der Waals surface area contributed by atoms with Crippen molar-refractivity contribution in [2.45, 2.75) is 19.4 Å². The summed E-state index contributed by atoms with van der Waals surface area (Å²) in [6.45, 7) is 0.461. The fourth-order valence-electron chi connectivity index (χ4n) is 3.76. The molecule has 0 unspecified atom stereocenters. The van der Waals surface area contributed by atoms with Crippen LogP contribution >= 0.6 is 0 Å². The van der Waals surface area contributed by atoms with Crippen LogP contribution in [0.25, 0.3) is 44.9 Å². The minimum absolute atomic E-state index is 0.0765. The van der Waals surface area contributed by atoms with Gasteiger partial charge in [-0.3, -0.25) is 14.8 Å². The smallest absolute Gasteiger partial charge is 0.303 e. The summed E-state index contributed by atoms with van der Waals surface area (Å²) in [5, 5.41) is 13.7. The Balaban J connectivity index is 1.51. The maximum Gasteiger partial charge on any atom is 0.303 e. The fraction of sp³-hybridized carbons (Fsp3) is 0.115. The first-order valence-electron chi connectivity index (χ1n) is 10.7. The van der Waals surface area contributed by atoms with Crippen LogP contribution in [0.15, 0.2) is 85.2 Å². The molecular formula is C26H21N5O2. The van der Waals surface area contributed by atoms with Crippen molar-refractivity contribution in [1.29, 1.82) is 0 Å². The molecule has 7 heteroatoms. The summed E-state index contributed by atoms with van der Waals surface area (Å²) < 4.78 is 1.79. The molecule has 0 spiro atoms. The van der Waals surface area contributed by atoms with Crippen LogP contribution in [-0.4, -0.2) is 35.8 Å². The summed E-state index contributed by atoms with van der Waals surface area (Å²) in [6.07, 6.45) is 3.86. The van der Waals surface area contributed by atoms with Crippen molar-refractivity contribution < 1.29 is 9.90 Å². The van der Waals surface area contributed by atoms with Crippen molar-refractivity contribution in [3.05, 3.63) is 85.2 Å². The van der Waals surface area contributed by atoms with E-state index in [0.717, 1.165) is 33.3 Å². The van der Waals surface area contributed by atoms with Crippen molar-refractivity contribution in [2.24, 2.45) is 0 Å². The zero-order chi connectivity index (χ0) is 22.6. The lowest BCUT2D eigenvalue weighted by atomic mass is 10.0. The SMILES string of the molecule is O=C(O)CCCn1nc(-c2ccc3nccnc3c2)nc1-c1ccc(-c2ccccc2)cc1. The molecule has 162 valence electrons. The highest BCUT2D eigenvalue weighted by molar-refractivity contribution is 5.79. The minimum Gasteiger partial charge on any atom is -0.481 e. The Hall–Kier alpha value is -4.39. The molecule has 0 saturated heterocycles. The van der Waals surface area contributed by atoms with Gasteiger partial charge in [0.05, 0.1) is 11.0 Å². The van der Waals surface area contributed by atoms with Gasteiger partial charge in [-0.15, -0.1) is 0 Å². The van der Waals surface area contributed by atoms with Gasteiger partial charge in [-0.1, -0.05) is 54.6 Å². The molecule has 0 atom stereocenters. The molecule has 3 aromatic carbocycles. The number of fused-ring (bicyclic) bond motifs is 1. The minimum atomic E-state index is -0.822. The lowest BCUT2D eigenvalue weighted by Gasteiger charge is -2.07. The summed E-state index contributed by atoms with van der Waals surface area (Å²) in [6, 6.07) is 24.1. The lowest BCUT2D eigenvalue weighted by molar-refractivity contribution is -0.137. The molecule has 5 aromatic rings. The predicted molar refractivity (Wildman–Crippen MR) is 126 cm³/mol. The third-order valence-corrected chi connectivity index (χ3v) is 5.41. The number of carbonyl (C=O) groups is 1. The molecule has 5 rings (SSSR count). The molecule has 2 aromatic heterocycles. The van der Waals surface area contributed by atoms with Crippen LogP contribution in [0.1, 0.15) is 12.8 Å². The highest BCUT2D eigenvalue weighted by atomic mass is 16.4. The predicted octanol–water partition coefficient (Wildman–Crippen LogP) is 5.09. The molecule has 1 N–H and O–H groups in total.